The lowest BCUT2D eigenvalue weighted by Crippen LogP contribution is -2.45. The minimum atomic E-state index is -0.939. The number of rotatable bonds is 6. The maximum atomic E-state index is 12.2. The van der Waals surface area contributed by atoms with Crippen molar-refractivity contribution in [3.8, 4) is 0 Å². The van der Waals surface area contributed by atoms with Crippen LogP contribution in [0.25, 0.3) is 0 Å². The summed E-state index contributed by atoms with van der Waals surface area (Å²) in [5.41, 5.74) is 0.0388. The molecule has 0 fully saturated rings. The van der Waals surface area contributed by atoms with Crippen LogP contribution in [0.1, 0.15) is 50.2 Å². The van der Waals surface area contributed by atoms with Gasteiger partial charge in [0.1, 0.15) is 5.15 Å². The molecule has 1 aromatic heterocycles. The standard InChI is InChI=1S/C14H24ClN3O2/c1-6-9(3)14(5,20)8-16-13(19)11-10(4)17-18(7-2)12(11)15/h9,20H,6-8H2,1-5H3,(H,16,19). The van der Waals surface area contributed by atoms with E-state index in [1.54, 1.807) is 18.5 Å². The summed E-state index contributed by atoms with van der Waals surface area (Å²) in [7, 11) is 0. The molecule has 0 saturated carbocycles. The number of carbonyl (C=O) groups excluding carboxylic acids is 1. The number of aliphatic hydroxyl groups is 1. The van der Waals surface area contributed by atoms with Gasteiger partial charge in [-0.25, -0.2) is 0 Å². The Morgan fingerprint density at radius 3 is 2.60 bits per heavy atom. The summed E-state index contributed by atoms with van der Waals surface area (Å²) in [5, 5.41) is 17.6. The van der Waals surface area contributed by atoms with Gasteiger partial charge >= 0.3 is 0 Å². The average Bonchev–Trinajstić information content (AvgIpc) is 2.69. The van der Waals surface area contributed by atoms with Crippen molar-refractivity contribution in [2.24, 2.45) is 5.92 Å². The molecule has 5 nitrogen and oxygen atoms in total. The first kappa shape index (κ1) is 17.0. The van der Waals surface area contributed by atoms with E-state index in [1.807, 2.05) is 20.8 Å². The van der Waals surface area contributed by atoms with Crippen LogP contribution in [0.4, 0.5) is 0 Å². The highest BCUT2D eigenvalue weighted by Gasteiger charge is 2.28. The molecule has 0 aliphatic rings. The van der Waals surface area contributed by atoms with Gasteiger partial charge in [0.2, 0.25) is 0 Å². The van der Waals surface area contributed by atoms with Crippen molar-refractivity contribution in [1.29, 1.82) is 0 Å². The summed E-state index contributed by atoms with van der Waals surface area (Å²) in [5.74, 6) is -0.200. The quantitative estimate of drug-likeness (QED) is 0.848. The molecule has 2 N–H and O–H groups in total. The van der Waals surface area contributed by atoms with Gasteiger partial charge in [-0.1, -0.05) is 31.9 Å². The topological polar surface area (TPSA) is 67.2 Å². The Morgan fingerprint density at radius 1 is 1.55 bits per heavy atom. The molecule has 1 amide bonds. The maximum absolute atomic E-state index is 12.2. The van der Waals surface area contributed by atoms with Crippen molar-refractivity contribution in [3.05, 3.63) is 16.4 Å². The van der Waals surface area contributed by atoms with Gasteiger partial charge in [-0.05, 0) is 26.7 Å². The molecule has 0 bridgehead atoms. The molecular formula is C14H24ClN3O2. The van der Waals surface area contributed by atoms with Gasteiger partial charge in [0.25, 0.3) is 5.91 Å². The van der Waals surface area contributed by atoms with Crippen LogP contribution in [-0.4, -0.2) is 32.9 Å². The van der Waals surface area contributed by atoms with E-state index in [9.17, 15) is 9.90 Å². The van der Waals surface area contributed by atoms with Gasteiger partial charge in [-0.15, -0.1) is 0 Å². The van der Waals surface area contributed by atoms with E-state index in [0.717, 1.165) is 6.42 Å². The van der Waals surface area contributed by atoms with Crippen LogP contribution in [-0.2, 0) is 6.54 Å². The summed E-state index contributed by atoms with van der Waals surface area (Å²) in [6.07, 6.45) is 0.844. The number of hydrogen-bond donors (Lipinski definition) is 2. The summed E-state index contributed by atoms with van der Waals surface area (Å²) in [6.45, 7) is 10.1. The van der Waals surface area contributed by atoms with Gasteiger partial charge < -0.3 is 10.4 Å². The van der Waals surface area contributed by atoms with E-state index in [-0.39, 0.29) is 18.4 Å². The first-order chi connectivity index (χ1) is 9.24. The molecule has 0 spiro atoms. The molecule has 2 atom stereocenters. The van der Waals surface area contributed by atoms with Gasteiger partial charge in [0, 0.05) is 13.1 Å². The lowest BCUT2D eigenvalue weighted by atomic mass is 9.88. The molecule has 114 valence electrons. The van der Waals surface area contributed by atoms with Crippen molar-refractivity contribution in [2.45, 2.75) is 53.2 Å². The largest absolute Gasteiger partial charge is 0.388 e. The molecule has 0 radical (unpaired) electrons. The second-order valence-corrected chi connectivity index (χ2v) is 5.77. The first-order valence-corrected chi connectivity index (χ1v) is 7.35. The van der Waals surface area contributed by atoms with E-state index >= 15 is 0 Å². The van der Waals surface area contributed by atoms with E-state index in [0.29, 0.717) is 23.0 Å². The van der Waals surface area contributed by atoms with Crippen molar-refractivity contribution < 1.29 is 9.90 Å². The van der Waals surface area contributed by atoms with E-state index in [4.69, 9.17) is 11.6 Å². The minimum absolute atomic E-state index is 0.0951. The fourth-order valence-electron chi connectivity index (χ4n) is 1.98. The highest BCUT2D eigenvalue weighted by molar-refractivity contribution is 6.33. The van der Waals surface area contributed by atoms with Crippen molar-refractivity contribution in [1.82, 2.24) is 15.1 Å². The Balaban J connectivity index is 2.80. The minimum Gasteiger partial charge on any atom is -0.388 e. The van der Waals surface area contributed by atoms with Crippen LogP contribution in [0.5, 0.6) is 0 Å². The van der Waals surface area contributed by atoms with Gasteiger partial charge in [-0.3, -0.25) is 9.48 Å². The third-order valence-corrected chi connectivity index (χ3v) is 4.26. The van der Waals surface area contributed by atoms with Crippen LogP contribution < -0.4 is 5.32 Å². The molecule has 0 aliphatic carbocycles. The number of aromatic nitrogens is 2. The third kappa shape index (κ3) is 3.52. The molecular weight excluding hydrogens is 278 g/mol. The van der Waals surface area contributed by atoms with Gasteiger partial charge in [0.15, 0.2) is 0 Å². The van der Waals surface area contributed by atoms with Gasteiger partial charge in [0.05, 0.1) is 16.9 Å². The molecule has 20 heavy (non-hydrogen) atoms. The molecule has 1 heterocycles. The Labute approximate surface area is 125 Å². The van der Waals surface area contributed by atoms with Crippen LogP contribution in [0.2, 0.25) is 5.15 Å². The van der Waals surface area contributed by atoms with Crippen molar-refractivity contribution in [3.63, 3.8) is 0 Å². The van der Waals surface area contributed by atoms with Crippen molar-refractivity contribution in [2.75, 3.05) is 6.54 Å². The maximum Gasteiger partial charge on any atom is 0.256 e. The smallest absolute Gasteiger partial charge is 0.256 e. The predicted molar refractivity (Wildman–Crippen MR) is 80.1 cm³/mol. The third-order valence-electron chi connectivity index (χ3n) is 3.87. The second kappa shape index (κ2) is 6.59. The Bertz CT molecular complexity index is 483. The molecule has 0 aliphatic heterocycles. The highest BCUT2D eigenvalue weighted by Crippen LogP contribution is 2.21. The molecule has 1 rings (SSSR count). The van der Waals surface area contributed by atoms with Crippen molar-refractivity contribution >= 4 is 17.5 Å². The fraction of sp³-hybridized carbons (Fsp3) is 0.714. The van der Waals surface area contributed by atoms with E-state index in [1.165, 1.54) is 0 Å². The normalized spacial score (nSPS) is 15.8. The molecule has 1 aromatic rings. The number of carbonyl (C=O) groups is 1. The fourth-order valence-corrected chi connectivity index (χ4v) is 2.36. The number of aryl methyl sites for hydroxylation is 2. The predicted octanol–water partition coefficient (Wildman–Crippen LogP) is 2.39. The average molecular weight is 302 g/mol. The van der Waals surface area contributed by atoms with Crippen LogP contribution in [0, 0.1) is 12.8 Å². The van der Waals surface area contributed by atoms with E-state index < -0.39 is 5.60 Å². The van der Waals surface area contributed by atoms with Gasteiger partial charge in [-0.2, -0.15) is 5.10 Å². The van der Waals surface area contributed by atoms with Crippen LogP contribution >= 0.6 is 11.6 Å². The number of halogens is 1. The molecule has 0 aromatic carbocycles. The number of nitrogens with zero attached hydrogens (tertiary/aromatic N) is 2. The summed E-state index contributed by atoms with van der Waals surface area (Å²) < 4.78 is 1.58. The molecule has 0 saturated heterocycles. The lowest BCUT2D eigenvalue weighted by molar-refractivity contribution is 0.00592. The van der Waals surface area contributed by atoms with Crippen LogP contribution in [0.3, 0.4) is 0 Å². The zero-order chi connectivity index (χ0) is 15.5. The second-order valence-electron chi connectivity index (χ2n) is 5.42. The first-order valence-electron chi connectivity index (χ1n) is 6.98. The van der Waals surface area contributed by atoms with E-state index in [2.05, 4.69) is 10.4 Å². The summed E-state index contributed by atoms with van der Waals surface area (Å²) in [6, 6.07) is 0. The number of hydrogen-bond acceptors (Lipinski definition) is 3. The Hall–Kier alpha value is -1.07. The Morgan fingerprint density at radius 2 is 2.15 bits per heavy atom. The highest BCUT2D eigenvalue weighted by atomic mass is 35.5. The zero-order valence-electron chi connectivity index (χ0n) is 12.8. The SMILES string of the molecule is CCC(C)C(C)(O)CNC(=O)c1c(C)nn(CC)c1Cl. The lowest BCUT2D eigenvalue weighted by Gasteiger charge is -2.29. The Kier molecular flexibility index (Phi) is 5.59. The molecule has 2 unspecified atom stereocenters. The number of nitrogens with one attached hydrogen (secondary N) is 1. The van der Waals surface area contributed by atoms with Crippen LogP contribution in [0.15, 0.2) is 0 Å². The zero-order valence-corrected chi connectivity index (χ0v) is 13.6. The number of amides is 1. The summed E-state index contributed by atoms with van der Waals surface area (Å²) in [4.78, 5) is 12.2. The summed E-state index contributed by atoms with van der Waals surface area (Å²) >= 11 is 6.14. The molecule has 6 heteroatoms. The monoisotopic (exact) mass is 301 g/mol.